The molecule has 3 rings (SSSR count). The Bertz CT molecular complexity index is 593. The summed E-state index contributed by atoms with van der Waals surface area (Å²) in [7, 11) is 0. The molecule has 1 aliphatic heterocycles. The molecule has 1 aromatic heterocycles. The van der Waals surface area contributed by atoms with E-state index in [1.807, 2.05) is 6.07 Å². The van der Waals surface area contributed by atoms with Crippen LogP contribution in [-0.4, -0.2) is 23.0 Å². The van der Waals surface area contributed by atoms with E-state index in [-0.39, 0.29) is 0 Å². The standard InChI is InChI=1S/C15H20N2OS/c1-10-3-4-12(18-10)9-17-6-5-13-14(17)7-11(16)8-15(13)19-2/h5-8,10,12H,3-4,9,16H2,1-2H3. The second kappa shape index (κ2) is 5.10. The van der Waals surface area contributed by atoms with Crippen LogP contribution in [0.5, 0.6) is 0 Å². The number of ether oxygens (including phenoxy) is 1. The van der Waals surface area contributed by atoms with Crippen LogP contribution in [-0.2, 0) is 11.3 Å². The van der Waals surface area contributed by atoms with Crippen LogP contribution in [0.25, 0.3) is 10.9 Å². The molecule has 0 aliphatic carbocycles. The largest absolute Gasteiger partial charge is 0.399 e. The molecule has 1 fully saturated rings. The Balaban J connectivity index is 1.94. The van der Waals surface area contributed by atoms with E-state index in [1.54, 1.807) is 11.8 Å². The van der Waals surface area contributed by atoms with E-state index in [9.17, 15) is 0 Å². The van der Waals surface area contributed by atoms with Gasteiger partial charge in [-0.05, 0) is 44.2 Å². The molecule has 4 heteroatoms. The highest BCUT2D eigenvalue weighted by Crippen LogP contribution is 2.31. The molecule has 3 nitrogen and oxygen atoms in total. The second-order valence-corrected chi connectivity index (χ2v) is 6.12. The first-order valence-electron chi connectivity index (χ1n) is 6.75. The molecular formula is C15H20N2OS. The zero-order valence-corrected chi connectivity index (χ0v) is 12.2. The third-order valence-corrected chi connectivity index (χ3v) is 4.59. The average molecular weight is 276 g/mol. The van der Waals surface area contributed by atoms with Gasteiger partial charge in [0.25, 0.3) is 0 Å². The van der Waals surface area contributed by atoms with E-state index in [1.165, 1.54) is 22.2 Å². The quantitative estimate of drug-likeness (QED) is 0.689. The van der Waals surface area contributed by atoms with E-state index >= 15 is 0 Å². The number of thioether (sulfide) groups is 1. The Morgan fingerprint density at radius 3 is 2.95 bits per heavy atom. The Kier molecular flexibility index (Phi) is 3.46. The molecule has 2 heterocycles. The first kappa shape index (κ1) is 12.9. The van der Waals surface area contributed by atoms with Crippen molar-refractivity contribution in [3.05, 3.63) is 24.4 Å². The van der Waals surface area contributed by atoms with Crippen LogP contribution in [0, 0.1) is 0 Å². The van der Waals surface area contributed by atoms with Crippen molar-refractivity contribution in [2.24, 2.45) is 0 Å². The fourth-order valence-electron chi connectivity index (χ4n) is 2.85. The van der Waals surface area contributed by atoms with Gasteiger partial charge in [0.2, 0.25) is 0 Å². The summed E-state index contributed by atoms with van der Waals surface area (Å²) in [5.41, 5.74) is 8.05. The van der Waals surface area contributed by atoms with Crippen LogP contribution in [0.3, 0.4) is 0 Å². The van der Waals surface area contributed by atoms with Gasteiger partial charge in [0, 0.05) is 28.7 Å². The van der Waals surface area contributed by atoms with E-state index in [0.717, 1.165) is 18.7 Å². The number of hydrogen-bond acceptors (Lipinski definition) is 3. The van der Waals surface area contributed by atoms with Crippen LogP contribution in [0.15, 0.2) is 29.3 Å². The zero-order chi connectivity index (χ0) is 13.4. The maximum Gasteiger partial charge on any atom is 0.0758 e. The number of fused-ring (bicyclic) bond motifs is 1. The molecule has 19 heavy (non-hydrogen) atoms. The van der Waals surface area contributed by atoms with E-state index in [4.69, 9.17) is 10.5 Å². The number of rotatable bonds is 3. The van der Waals surface area contributed by atoms with Gasteiger partial charge in [-0.3, -0.25) is 0 Å². The minimum absolute atomic E-state index is 0.338. The minimum atomic E-state index is 0.338. The normalized spacial score (nSPS) is 23.3. The molecule has 2 atom stereocenters. The highest BCUT2D eigenvalue weighted by molar-refractivity contribution is 7.98. The van der Waals surface area contributed by atoms with E-state index in [0.29, 0.717) is 12.2 Å². The van der Waals surface area contributed by atoms with Crippen molar-refractivity contribution < 1.29 is 4.74 Å². The van der Waals surface area contributed by atoms with Gasteiger partial charge in [-0.25, -0.2) is 0 Å². The molecule has 0 saturated carbocycles. The number of nitrogens with zero attached hydrogens (tertiary/aromatic N) is 1. The number of nitrogens with two attached hydrogens (primary N) is 1. The van der Waals surface area contributed by atoms with Crippen molar-refractivity contribution in [1.29, 1.82) is 0 Å². The van der Waals surface area contributed by atoms with Gasteiger partial charge in [0.05, 0.1) is 17.7 Å². The molecule has 0 amide bonds. The maximum absolute atomic E-state index is 6.00. The van der Waals surface area contributed by atoms with Crippen molar-refractivity contribution in [3.63, 3.8) is 0 Å². The number of anilines is 1. The van der Waals surface area contributed by atoms with Gasteiger partial charge in [-0.15, -0.1) is 11.8 Å². The Morgan fingerprint density at radius 2 is 2.26 bits per heavy atom. The van der Waals surface area contributed by atoms with Crippen molar-refractivity contribution in [3.8, 4) is 0 Å². The summed E-state index contributed by atoms with van der Waals surface area (Å²) in [5.74, 6) is 0. The monoisotopic (exact) mass is 276 g/mol. The van der Waals surface area contributed by atoms with Crippen molar-refractivity contribution in [2.75, 3.05) is 12.0 Å². The first-order valence-corrected chi connectivity index (χ1v) is 7.97. The van der Waals surface area contributed by atoms with Crippen LogP contribution >= 0.6 is 11.8 Å². The zero-order valence-electron chi connectivity index (χ0n) is 11.4. The van der Waals surface area contributed by atoms with Crippen molar-refractivity contribution in [2.45, 2.75) is 43.4 Å². The van der Waals surface area contributed by atoms with Crippen molar-refractivity contribution >= 4 is 28.4 Å². The van der Waals surface area contributed by atoms with Gasteiger partial charge >= 0.3 is 0 Å². The molecule has 1 aliphatic rings. The summed E-state index contributed by atoms with van der Waals surface area (Å²) in [6.07, 6.45) is 7.30. The fraction of sp³-hybridized carbons (Fsp3) is 0.467. The number of nitrogen functional groups attached to an aromatic ring is 1. The minimum Gasteiger partial charge on any atom is -0.399 e. The van der Waals surface area contributed by atoms with Crippen LogP contribution in [0.2, 0.25) is 0 Å². The SMILES string of the molecule is CSc1cc(N)cc2c1ccn2CC1CCC(C)O1. The molecule has 2 N–H and O–H groups in total. The fourth-order valence-corrected chi connectivity index (χ4v) is 3.50. The smallest absolute Gasteiger partial charge is 0.0758 e. The summed E-state index contributed by atoms with van der Waals surface area (Å²) >= 11 is 1.74. The predicted molar refractivity (Wildman–Crippen MR) is 81.7 cm³/mol. The van der Waals surface area contributed by atoms with Crippen molar-refractivity contribution in [1.82, 2.24) is 4.57 Å². The van der Waals surface area contributed by atoms with Gasteiger partial charge in [0.1, 0.15) is 0 Å². The summed E-state index contributed by atoms with van der Waals surface area (Å²) in [4.78, 5) is 1.24. The molecule has 0 bridgehead atoms. The third kappa shape index (κ3) is 2.47. The van der Waals surface area contributed by atoms with Gasteiger partial charge in [-0.2, -0.15) is 0 Å². The number of hydrogen-bond donors (Lipinski definition) is 1. The molecule has 0 spiro atoms. The molecule has 2 aromatic rings. The molecule has 1 saturated heterocycles. The van der Waals surface area contributed by atoms with Crippen LogP contribution in [0.4, 0.5) is 5.69 Å². The highest BCUT2D eigenvalue weighted by atomic mass is 32.2. The molecule has 102 valence electrons. The first-order chi connectivity index (χ1) is 9.17. The summed E-state index contributed by atoms with van der Waals surface area (Å²) < 4.78 is 8.18. The van der Waals surface area contributed by atoms with Crippen LogP contribution < -0.4 is 5.73 Å². The summed E-state index contributed by atoms with van der Waals surface area (Å²) in [6.45, 7) is 3.07. The maximum atomic E-state index is 6.00. The molecule has 2 unspecified atom stereocenters. The average Bonchev–Trinajstić information content (AvgIpc) is 2.96. The summed E-state index contributed by atoms with van der Waals surface area (Å²) in [5, 5.41) is 1.28. The van der Waals surface area contributed by atoms with E-state index in [2.05, 4.69) is 36.1 Å². The molecular weight excluding hydrogens is 256 g/mol. The van der Waals surface area contributed by atoms with Gasteiger partial charge in [-0.1, -0.05) is 0 Å². The lowest BCUT2D eigenvalue weighted by molar-refractivity contribution is 0.0465. The second-order valence-electron chi connectivity index (χ2n) is 5.27. The van der Waals surface area contributed by atoms with Gasteiger partial charge in [0.15, 0.2) is 0 Å². The Morgan fingerprint density at radius 1 is 1.42 bits per heavy atom. The topological polar surface area (TPSA) is 40.2 Å². The third-order valence-electron chi connectivity index (χ3n) is 3.81. The van der Waals surface area contributed by atoms with Gasteiger partial charge < -0.3 is 15.0 Å². The van der Waals surface area contributed by atoms with E-state index < -0.39 is 0 Å². The Labute approximate surface area is 118 Å². The summed E-state index contributed by atoms with van der Waals surface area (Å²) in [6, 6.07) is 6.29. The lowest BCUT2D eigenvalue weighted by atomic mass is 10.2. The lowest BCUT2D eigenvalue weighted by Gasteiger charge is -2.13. The number of aromatic nitrogens is 1. The highest BCUT2D eigenvalue weighted by Gasteiger charge is 2.22. The number of benzene rings is 1. The molecule has 0 radical (unpaired) electrons. The predicted octanol–water partition coefficient (Wildman–Crippen LogP) is 3.51. The lowest BCUT2D eigenvalue weighted by Crippen LogP contribution is -2.15. The molecule has 1 aromatic carbocycles. The Hall–Kier alpha value is -1.13. The van der Waals surface area contributed by atoms with Crippen LogP contribution in [0.1, 0.15) is 19.8 Å².